The van der Waals surface area contributed by atoms with E-state index in [0.717, 1.165) is 5.56 Å². The minimum Gasteiger partial charge on any atom is -0.481 e. The molecule has 0 spiro atoms. The summed E-state index contributed by atoms with van der Waals surface area (Å²) in [5, 5.41) is 8.92. The Morgan fingerprint density at radius 2 is 1.93 bits per heavy atom. The largest absolute Gasteiger partial charge is 0.481 e. The van der Waals surface area contributed by atoms with Crippen molar-refractivity contribution in [2.24, 2.45) is 11.7 Å². The first kappa shape index (κ1) is 13.9. The maximum atomic E-state index is 10.9. The van der Waals surface area contributed by atoms with Gasteiger partial charge in [-0.25, -0.2) is 0 Å². The second-order valence-corrected chi connectivity index (χ2v) is 3.49. The van der Waals surface area contributed by atoms with E-state index in [-0.39, 0.29) is 18.4 Å². The molecule has 0 aliphatic rings. The quantitative estimate of drug-likeness (QED) is 0.826. The molecule has 0 heterocycles. The van der Waals surface area contributed by atoms with Gasteiger partial charge in [-0.05, 0) is 18.9 Å². The number of carboxylic acids is 1. The molecule has 0 aromatic heterocycles. The zero-order chi connectivity index (χ0) is 10.6. The SMILES string of the molecule is CC(N)C(Cc1ccccc1)C(=O)O.Cl. The van der Waals surface area contributed by atoms with Crippen molar-refractivity contribution < 1.29 is 9.90 Å². The smallest absolute Gasteiger partial charge is 0.308 e. The number of aliphatic carboxylic acids is 1. The van der Waals surface area contributed by atoms with Crippen LogP contribution in [0.4, 0.5) is 0 Å². The highest BCUT2D eigenvalue weighted by Gasteiger charge is 2.21. The van der Waals surface area contributed by atoms with Crippen molar-refractivity contribution in [1.82, 2.24) is 0 Å². The normalized spacial score (nSPS) is 13.7. The zero-order valence-electron chi connectivity index (χ0n) is 8.59. The van der Waals surface area contributed by atoms with Gasteiger partial charge in [0.05, 0.1) is 5.92 Å². The molecule has 3 N–H and O–H groups in total. The lowest BCUT2D eigenvalue weighted by Gasteiger charge is -2.15. The number of carboxylic acid groups (broad SMARTS) is 1. The Labute approximate surface area is 95.7 Å². The molecule has 0 aliphatic carbocycles. The van der Waals surface area contributed by atoms with E-state index in [2.05, 4.69) is 0 Å². The van der Waals surface area contributed by atoms with Gasteiger partial charge in [0.2, 0.25) is 0 Å². The maximum absolute atomic E-state index is 10.9. The van der Waals surface area contributed by atoms with Gasteiger partial charge in [0.1, 0.15) is 0 Å². The Morgan fingerprint density at radius 3 is 2.33 bits per heavy atom. The average Bonchev–Trinajstić information content (AvgIpc) is 2.15. The second-order valence-electron chi connectivity index (χ2n) is 3.49. The van der Waals surface area contributed by atoms with Gasteiger partial charge in [-0.3, -0.25) is 4.79 Å². The number of halogens is 1. The van der Waals surface area contributed by atoms with E-state index in [9.17, 15) is 4.79 Å². The summed E-state index contributed by atoms with van der Waals surface area (Å²) in [6.45, 7) is 1.72. The van der Waals surface area contributed by atoms with Gasteiger partial charge in [0, 0.05) is 6.04 Å². The highest BCUT2D eigenvalue weighted by Crippen LogP contribution is 2.11. The van der Waals surface area contributed by atoms with E-state index in [0.29, 0.717) is 6.42 Å². The fourth-order valence-corrected chi connectivity index (χ4v) is 1.37. The molecule has 4 heteroatoms. The monoisotopic (exact) mass is 229 g/mol. The summed E-state index contributed by atoms with van der Waals surface area (Å²) in [6.07, 6.45) is 0.494. The van der Waals surface area contributed by atoms with Crippen LogP contribution in [0.5, 0.6) is 0 Å². The summed E-state index contributed by atoms with van der Waals surface area (Å²) >= 11 is 0. The first-order valence-corrected chi connectivity index (χ1v) is 4.63. The van der Waals surface area contributed by atoms with E-state index < -0.39 is 11.9 Å². The number of hydrogen-bond donors (Lipinski definition) is 2. The fourth-order valence-electron chi connectivity index (χ4n) is 1.37. The van der Waals surface area contributed by atoms with Crippen LogP contribution in [-0.2, 0) is 11.2 Å². The Morgan fingerprint density at radius 1 is 1.40 bits per heavy atom. The first-order chi connectivity index (χ1) is 6.61. The molecule has 2 atom stereocenters. The van der Waals surface area contributed by atoms with Crippen molar-refractivity contribution in [1.29, 1.82) is 0 Å². The van der Waals surface area contributed by atoms with E-state index in [4.69, 9.17) is 10.8 Å². The molecule has 0 bridgehead atoms. The average molecular weight is 230 g/mol. The zero-order valence-corrected chi connectivity index (χ0v) is 9.41. The van der Waals surface area contributed by atoms with Crippen molar-refractivity contribution in [3.8, 4) is 0 Å². The van der Waals surface area contributed by atoms with Crippen molar-refractivity contribution in [2.75, 3.05) is 0 Å². The van der Waals surface area contributed by atoms with E-state index in [1.165, 1.54) is 0 Å². The molecular formula is C11H16ClNO2. The van der Waals surface area contributed by atoms with Crippen molar-refractivity contribution >= 4 is 18.4 Å². The lowest BCUT2D eigenvalue weighted by atomic mass is 9.94. The summed E-state index contributed by atoms with van der Waals surface area (Å²) in [5.74, 6) is -1.33. The first-order valence-electron chi connectivity index (χ1n) is 4.63. The molecule has 84 valence electrons. The van der Waals surface area contributed by atoms with E-state index >= 15 is 0 Å². The van der Waals surface area contributed by atoms with Crippen LogP contribution in [0.3, 0.4) is 0 Å². The van der Waals surface area contributed by atoms with Gasteiger partial charge in [0.15, 0.2) is 0 Å². The van der Waals surface area contributed by atoms with Gasteiger partial charge < -0.3 is 10.8 Å². The Hall–Kier alpha value is -1.06. The number of hydrogen-bond acceptors (Lipinski definition) is 2. The third-order valence-corrected chi connectivity index (χ3v) is 2.25. The highest BCUT2D eigenvalue weighted by molar-refractivity contribution is 5.85. The van der Waals surface area contributed by atoms with Crippen LogP contribution in [0.1, 0.15) is 12.5 Å². The summed E-state index contributed by atoms with van der Waals surface area (Å²) in [5.41, 5.74) is 6.62. The van der Waals surface area contributed by atoms with E-state index in [1.807, 2.05) is 30.3 Å². The molecule has 1 rings (SSSR count). The molecule has 3 nitrogen and oxygen atoms in total. The molecular weight excluding hydrogens is 214 g/mol. The third-order valence-electron chi connectivity index (χ3n) is 2.25. The standard InChI is InChI=1S/C11H15NO2.ClH/c1-8(12)10(11(13)14)7-9-5-3-2-4-6-9;/h2-6,8,10H,7,12H2,1H3,(H,13,14);1H. The summed E-state index contributed by atoms with van der Waals surface area (Å²) in [4.78, 5) is 10.9. The molecule has 0 fully saturated rings. The number of benzene rings is 1. The van der Waals surface area contributed by atoms with Crippen LogP contribution >= 0.6 is 12.4 Å². The topological polar surface area (TPSA) is 63.3 Å². The molecule has 1 aromatic carbocycles. The Kier molecular flexibility index (Phi) is 5.97. The minimum absolute atomic E-state index is 0. The van der Waals surface area contributed by atoms with Crippen molar-refractivity contribution in [2.45, 2.75) is 19.4 Å². The summed E-state index contributed by atoms with van der Waals surface area (Å²) in [7, 11) is 0. The third kappa shape index (κ3) is 4.32. The number of nitrogens with two attached hydrogens (primary N) is 1. The van der Waals surface area contributed by atoms with Crippen molar-refractivity contribution in [3.05, 3.63) is 35.9 Å². The molecule has 1 aromatic rings. The Balaban J connectivity index is 0.00000196. The van der Waals surface area contributed by atoms with Gasteiger partial charge in [0.25, 0.3) is 0 Å². The molecule has 0 amide bonds. The number of carbonyl (C=O) groups is 1. The van der Waals surface area contributed by atoms with Crippen LogP contribution in [0, 0.1) is 5.92 Å². The lowest BCUT2D eigenvalue weighted by Crippen LogP contribution is -2.34. The molecule has 0 radical (unpaired) electrons. The summed E-state index contributed by atoms with van der Waals surface area (Å²) in [6, 6.07) is 9.21. The number of rotatable bonds is 4. The highest BCUT2D eigenvalue weighted by atomic mass is 35.5. The summed E-state index contributed by atoms with van der Waals surface area (Å²) < 4.78 is 0. The predicted molar refractivity (Wildman–Crippen MR) is 62.2 cm³/mol. The molecule has 2 unspecified atom stereocenters. The van der Waals surface area contributed by atoms with Gasteiger partial charge in [-0.15, -0.1) is 12.4 Å². The maximum Gasteiger partial charge on any atom is 0.308 e. The van der Waals surface area contributed by atoms with Crippen LogP contribution in [0.15, 0.2) is 30.3 Å². The second kappa shape index (κ2) is 6.43. The molecule has 0 aliphatic heterocycles. The van der Waals surface area contributed by atoms with Crippen LogP contribution in [0.2, 0.25) is 0 Å². The van der Waals surface area contributed by atoms with Gasteiger partial charge in [-0.2, -0.15) is 0 Å². The Bertz CT molecular complexity index is 301. The minimum atomic E-state index is -0.830. The van der Waals surface area contributed by atoms with Crippen LogP contribution in [-0.4, -0.2) is 17.1 Å². The van der Waals surface area contributed by atoms with E-state index in [1.54, 1.807) is 6.92 Å². The lowest BCUT2D eigenvalue weighted by molar-refractivity contribution is -0.142. The predicted octanol–water partition coefficient (Wildman–Crippen LogP) is 1.70. The van der Waals surface area contributed by atoms with Gasteiger partial charge >= 0.3 is 5.97 Å². The molecule has 15 heavy (non-hydrogen) atoms. The molecule has 0 saturated heterocycles. The van der Waals surface area contributed by atoms with Crippen molar-refractivity contribution in [3.63, 3.8) is 0 Å². The van der Waals surface area contributed by atoms with Crippen LogP contribution < -0.4 is 5.73 Å². The van der Waals surface area contributed by atoms with Crippen LogP contribution in [0.25, 0.3) is 0 Å². The van der Waals surface area contributed by atoms with Gasteiger partial charge in [-0.1, -0.05) is 30.3 Å². The fraction of sp³-hybridized carbons (Fsp3) is 0.364. The molecule has 0 saturated carbocycles.